The van der Waals surface area contributed by atoms with E-state index in [4.69, 9.17) is 5.11 Å². The van der Waals surface area contributed by atoms with Crippen molar-refractivity contribution in [1.29, 1.82) is 0 Å². The predicted octanol–water partition coefficient (Wildman–Crippen LogP) is 0.952. The lowest BCUT2D eigenvalue weighted by Crippen LogP contribution is -2.24. The highest BCUT2D eigenvalue weighted by molar-refractivity contribution is 5.96. The van der Waals surface area contributed by atoms with Gasteiger partial charge in [0.15, 0.2) is 0 Å². The fourth-order valence-corrected chi connectivity index (χ4v) is 1.14. The highest BCUT2D eigenvalue weighted by Gasteiger charge is 2.09. The summed E-state index contributed by atoms with van der Waals surface area (Å²) in [7, 11) is 0. The zero-order valence-corrected chi connectivity index (χ0v) is 9.02. The maximum Gasteiger partial charge on any atom is 0.352 e. The highest BCUT2D eigenvalue weighted by atomic mass is 16.4. The Morgan fingerprint density at radius 1 is 1.50 bits per heavy atom. The number of nitrogens with one attached hydrogen (secondary N) is 1. The van der Waals surface area contributed by atoms with E-state index < -0.39 is 11.9 Å². The third kappa shape index (κ3) is 3.20. The van der Waals surface area contributed by atoms with Gasteiger partial charge < -0.3 is 10.4 Å². The molecule has 0 spiro atoms. The summed E-state index contributed by atoms with van der Waals surface area (Å²) in [6, 6.07) is 1.68. The Hall–Kier alpha value is -2.17. The summed E-state index contributed by atoms with van der Waals surface area (Å²) < 4.78 is 0. The number of rotatable bonds is 3. The first-order valence-corrected chi connectivity index (χ1v) is 4.64. The van der Waals surface area contributed by atoms with Crippen molar-refractivity contribution in [2.24, 2.45) is 0 Å². The van der Waals surface area contributed by atoms with Gasteiger partial charge in [-0.05, 0) is 30.2 Å². The van der Waals surface area contributed by atoms with Crippen molar-refractivity contribution in [2.45, 2.75) is 13.8 Å². The van der Waals surface area contributed by atoms with E-state index in [1.807, 2.05) is 6.92 Å². The van der Waals surface area contributed by atoms with E-state index in [2.05, 4.69) is 10.3 Å². The maximum absolute atomic E-state index is 10.9. The van der Waals surface area contributed by atoms with Gasteiger partial charge in [-0.25, -0.2) is 4.79 Å². The van der Waals surface area contributed by atoms with Crippen molar-refractivity contribution in [3.8, 4) is 0 Å². The molecule has 1 heterocycles. The molecule has 1 amide bonds. The summed E-state index contributed by atoms with van der Waals surface area (Å²) in [5, 5.41) is 11.1. The molecule has 5 nitrogen and oxygen atoms in total. The van der Waals surface area contributed by atoms with E-state index in [1.165, 1.54) is 13.0 Å². The van der Waals surface area contributed by atoms with Crippen LogP contribution in [0.5, 0.6) is 0 Å². The first-order chi connectivity index (χ1) is 7.50. The van der Waals surface area contributed by atoms with Crippen LogP contribution in [0.15, 0.2) is 24.2 Å². The monoisotopic (exact) mass is 220 g/mol. The molecule has 0 aromatic carbocycles. The van der Waals surface area contributed by atoms with Crippen LogP contribution in [0.4, 0.5) is 0 Å². The molecule has 0 unspecified atom stereocenters. The fraction of sp³-hybridized carbons (Fsp3) is 0.182. The average molecular weight is 220 g/mol. The number of nitrogens with zero attached hydrogens (tertiary/aromatic N) is 1. The second-order valence-corrected chi connectivity index (χ2v) is 3.28. The molecule has 0 aliphatic rings. The van der Waals surface area contributed by atoms with Crippen molar-refractivity contribution in [3.05, 3.63) is 35.3 Å². The first kappa shape index (κ1) is 11.9. The number of amides is 1. The average Bonchev–Trinajstić information content (AvgIpc) is 2.19. The summed E-state index contributed by atoms with van der Waals surface area (Å²) >= 11 is 0. The largest absolute Gasteiger partial charge is 0.477 e. The van der Waals surface area contributed by atoms with Crippen LogP contribution in [0.25, 0.3) is 6.08 Å². The van der Waals surface area contributed by atoms with Crippen LogP contribution in [-0.4, -0.2) is 22.0 Å². The molecule has 2 N–H and O–H groups in total. The lowest BCUT2D eigenvalue weighted by atomic mass is 10.1. The number of aliphatic carboxylic acids is 1. The van der Waals surface area contributed by atoms with Gasteiger partial charge in [-0.1, -0.05) is 0 Å². The molecule has 0 saturated carbocycles. The van der Waals surface area contributed by atoms with Crippen molar-refractivity contribution in [1.82, 2.24) is 10.3 Å². The van der Waals surface area contributed by atoms with E-state index in [9.17, 15) is 9.59 Å². The molecular weight excluding hydrogens is 208 g/mol. The van der Waals surface area contributed by atoms with Crippen LogP contribution in [-0.2, 0) is 9.59 Å². The quantitative estimate of drug-likeness (QED) is 0.743. The molecule has 0 bridgehead atoms. The molecule has 0 aliphatic carbocycles. The Morgan fingerprint density at radius 3 is 2.69 bits per heavy atom. The third-order valence-electron chi connectivity index (χ3n) is 1.90. The topological polar surface area (TPSA) is 79.3 Å². The van der Waals surface area contributed by atoms with E-state index in [0.717, 1.165) is 5.56 Å². The summed E-state index contributed by atoms with van der Waals surface area (Å²) in [6.45, 7) is 3.07. The van der Waals surface area contributed by atoms with Gasteiger partial charge in [-0.15, -0.1) is 0 Å². The molecule has 1 aromatic rings. The number of carboxylic acid groups (broad SMARTS) is 1. The van der Waals surface area contributed by atoms with Crippen molar-refractivity contribution in [2.75, 3.05) is 0 Å². The molecule has 0 atom stereocenters. The highest BCUT2D eigenvalue weighted by Crippen LogP contribution is 2.09. The number of carbonyl (C=O) groups is 2. The molecule has 16 heavy (non-hydrogen) atoms. The number of pyridine rings is 1. The van der Waals surface area contributed by atoms with E-state index in [-0.39, 0.29) is 5.70 Å². The zero-order chi connectivity index (χ0) is 12.1. The molecule has 0 saturated heterocycles. The van der Waals surface area contributed by atoms with E-state index in [1.54, 1.807) is 18.5 Å². The van der Waals surface area contributed by atoms with Gasteiger partial charge >= 0.3 is 5.97 Å². The lowest BCUT2D eigenvalue weighted by molar-refractivity contribution is -0.134. The number of hydrogen-bond donors (Lipinski definition) is 2. The van der Waals surface area contributed by atoms with Gasteiger partial charge in [0.1, 0.15) is 5.70 Å². The van der Waals surface area contributed by atoms with Crippen LogP contribution in [0, 0.1) is 6.92 Å². The molecular formula is C11H12N2O3. The maximum atomic E-state index is 10.9. The zero-order valence-electron chi connectivity index (χ0n) is 9.02. The van der Waals surface area contributed by atoms with Crippen LogP contribution in [0.3, 0.4) is 0 Å². The van der Waals surface area contributed by atoms with Gasteiger partial charge in [0.2, 0.25) is 5.91 Å². The smallest absolute Gasteiger partial charge is 0.352 e. The third-order valence-corrected chi connectivity index (χ3v) is 1.90. The SMILES string of the molecule is CC(=O)N/C(=C/c1ccncc1C)C(=O)O. The number of carboxylic acids is 1. The normalized spacial score (nSPS) is 11.0. The summed E-state index contributed by atoms with van der Waals surface area (Å²) in [6.07, 6.45) is 4.59. The Morgan fingerprint density at radius 2 is 2.19 bits per heavy atom. The Bertz CT molecular complexity index is 452. The summed E-state index contributed by atoms with van der Waals surface area (Å²) in [5.74, 6) is -1.59. The number of aromatic nitrogens is 1. The second kappa shape index (κ2) is 5.06. The minimum Gasteiger partial charge on any atom is -0.477 e. The number of aryl methyl sites for hydroxylation is 1. The van der Waals surface area contributed by atoms with Gasteiger partial charge in [0.25, 0.3) is 0 Å². The van der Waals surface area contributed by atoms with Crippen LogP contribution in [0.2, 0.25) is 0 Å². The Labute approximate surface area is 92.8 Å². The number of hydrogen-bond acceptors (Lipinski definition) is 3. The minimum absolute atomic E-state index is 0.151. The fourth-order valence-electron chi connectivity index (χ4n) is 1.14. The van der Waals surface area contributed by atoms with Gasteiger partial charge in [0, 0.05) is 19.3 Å². The first-order valence-electron chi connectivity index (χ1n) is 4.64. The van der Waals surface area contributed by atoms with Crippen molar-refractivity contribution < 1.29 is 14.7 Å². The molecule has 5 heteroatoms. The van der Waals surface area contributed by atoms with E-state index >= 15 is 0 Å². The molecule has 0 radical (unpaired) electrons. The molecule has 0 aliphatic heterocycles. The van der Waals surface area contributed by atoms with Crippen molar-refractivity contribution >= 4 is 18.0 Å². The standard InChI is InChI=1S/C11H12N2O3/c1-7-6-12-4-3-9(7)5-10(11(15)16)13-8(2)14/h3-6H,1-2H3,(H,13,14)(H,15,16)/b10-5+. The van der Waals surface area contributed by atoms with Gasteiger partial charge in [-0.2, -0.15) is 0 Å². The molecule has 1 rings (SSSR count). The molecule has 84 valence electrons. The van der Waals surface area contributed by atoms with Gasteiger partial charge in [0.05, 0.1) is 0 Å². The van der Waals surface area contributed by atoms with Gasteiger partial charge in [-0.3, -0.25) is 9.78 Å². The predicted molar refractivity (Wildman–Crippen MR) is 58.4 cm³/mol. The van der Waals surface area contributed by atoms with Crippen LogP contribution in [0.1, 0.15) is 18.1 Å². The number of carbonyl (C=O) groups excluding carboxylic acids is 1. The minimum atomic E-state index is -1.17. The van der Waals surface area contributed by atoms with Crippen molar-refractivity contribution in [3.63, 3.8) is 0 Å². The van der Waals surface area contributed by atoms with Crippen LogP contribution < -0.4 is 5.32 Å². The molecule has 1 aromatic heterocycles. The molecule has 0 fully saturated rings. The Balaban J connectivity index is 3.07. The second-order valence-electron chi connectivity index (χ2n) is 3.28. The summed E-state index contributed by atoms with van der Waals surface area (Å²) in [5.41, 5.74) is 1.40. The van der Waals surface area contributed by atoms with Crippen LogP contribution >= 0.6 is 0 Å². The summed E-state index contributed by atoms with van der Waals surface area (Å²) in [4.78, 5) is 25.6. The lowest BCUT2D eigenvalue weighted by Gasteiger charge is -2.04. The van der Waals surface area contributed by atoms with E-state index in [0.29, 0.717) is 5.56 Å². The Kier molecular flexibility index (Phi) is 3.77.